The number of piperazine rings is 1. The van der Waals surface area contributed by atoms with Gasteiger partial charge >= 0.3 is 0 Å². The molecule has 6 nitrogen and oxygen atoms in total. The van der Waals surface area contributed by atoms with E-state index in [1.165, 1.54) is 0 Å². The van der Waals surface area contributed by atoms with Gasteiger partial charge in [-0.15, -0.1) is 0 Å². The van der Waals surface area contributed by atoms with E-state index in [0.29, 0.717) is 54.4 Å². The number of thioether (sulfide) groups is 1. The zero-order chi connectivity index (χ0) is 21.4. The van der Waals surface area contributed by atoms with Crippen molar-refractivity contribution in [1.82, 2.24) is 15.1 Å². The molecule has 0 aromatic heterocycles. The first-order valence-corrected chi connectivity index (χ1v) is 10.7. The molecule has 9 heteroatoms. The number of hydrogen-bond donors (Lipinski definition) is 2. The summed E-state index contributed by atoms with van der Waals surface area (Å²) in [6.45, 7) is 9.89. The molecule has 0 spiro atoms. The van der Waals surface area contributed by atoms with Crippen LogP contribution < -0.4 is 10.6 Å². The van der Waals surface area contributed by atoms with Gasteiger partial charge in [-0.05, 0) is 37.1 Å². The van der Waals surface area contributed by atoms with Crippen LogP contribution in [0.4, 0.5) is 14.5 Å². The summed E-state index contributed by atoms with van der Waals surface area (Å²) in [6.07, 6.45) is 0. The molecule has 1 aliphatic rings. The molecule has 1 fully saturated rings. The molecule has 1 saturated heterocycles. The van der Waals surface area contributed by atoms with Crippen LogP contribution >= 0.6 is 11.8 Å². The first-order valence-electron chi connectivity index (χ1n) is 9.83. The van der Waals surface area contributed by atoms with E-state index in [9.17, 15) is 18.4 Å². The lowest BCUT2D eigenvalue weighted by molar-refractivity contribution is -0.124. The Balaban J connectivity index is 1.76. The van der Waals surface area contributed by atoms with Crippen LogP contribution in [0, 0.1) is 5.92 Å². The first-order chi connectivity index (χ1) is 13.7. The van der Waals surface area contributed by atoms with Crippen molar-refractivity contribution >= 4 is 29.3 Å². The highest BCUT2D eigenvalue weighted by Gasteiger charge is 2.26. The molecule has 162 valence electrons. The van der Waals surface area contributed by atoms with Crippen molar-refractivity contribution in [3.05, 3.63) is 24.3 Å². The predicted octanol–water partition coefficient (Wildman–Crippen LogP) is 2.72. The first kappa shape index (κ1) is 23.6. The third kappa shape index (κ3) is 8.28. The summed E-state index contributed by atoms with van der Waals surface area (Å²) in [5.41, 5.74) is 0.584. The average molecular weight is 429 g/mol. The van der Waals surface area contributed by atoms with E-state index in [0.717, 1.165) is 13.1 Å². The molecule has 1 unspecified atom stereocenters. The van der Waals surface area contributed by atoms with Crippen molar-refractivity contribution in [3.8, 4) is 0 Å². The second kappa shape index (κ2) is 11.5. The monoisotopic (exact) mass is 428 g/mol. The molecule has 0 bridgehead atoms. The molecule has 2 amide bonds. The zero-order valence-electron chi connectivity index (χ0n) is 17.2. The predicted molar refractivity (Wildman–Crippen MR) is 112 cm³/mol. The molecule has 1 aliphatic heterocycles. The minimum absolute atomic E-state index is 0.0337. The Hall–Kier alpha value is -1.71. The van der Waals surface area contributed by atoms with Crippen molar-refractivity contribution in [2.24, 2.45) is 5.92 Å². The van der Waals surface area contributed by atoms with E-state index in [1.54, 1.807) is 24.3 Å². The van der Waals surface area contributed by atoms with E-state index in [2.05, 4.69) is 34.3 Å². The van der Waals surface area contributed by atoms with Crippen molar-refractivity contribution in [3.63, 3.8) is 0 Å². The summed E-state index contributed by atoms with van der Waals surface area (Å²) in [6, 6.07) is 6.08. The Morgan fingerprint density at radius 1 is 1.07 bits per heavy atom. The number of rotatable bonds is 9. The van der Waals surface area contributed by atoms with Crippen LogP contribution in [-0.4, -0.2) is 72.7 Å². The Kier molecular flexibility index (Phi) is 9.32. The van der Waals surface area contributed by atoms with Crippen molar-refractivity contribution in [2.75, 3.05) is 44.6 Å². The number of anilines is 1. The van der Waals surface area contributed by atoms with E-state index in [1.807, 2.05) is 6.92 Å². The molecule has 2 N–H and O–H groups in total. The van der Waals surface area contributed by atoms with Crippen LogP contribution in [0.2, 0.25) is 0 Å². The van der Waals surface area contributed by atoms with Crippen molar-refractivity contribution < 1.29 is 18.4 Å². The van der Waals surface area contributed by atoms with Gasteiger partial charge in [0.1, 0.15) is 0 Å². The lowest BCUT2D eigenvalue weighted by atomic mass is 10.2. The smallest absolute Gasteiger partial charge is 0.288 e. The average Bonchev–Trinajstić information content (AvgIpc) is 2.67. The fourth-order valence-corrected chi connectivity index (χ4v) is 3.52. The van der Waals surface area contributed by atoms with Gasteiger partial charge in [0, 0.05) is 43.3 Å². The quantitative estimate of drug-likeness (QED) is 0.592. The lowest BCUT2D eigenvalue weighted by Crippen LogP contribution is -2.54. The number of amides is 2. The van der Waals surface area contributed by atoms with Crippen LogP contribution in [0.1, 0.15) is 20.8 Å². The molecule has 2 rings (SSSR count). The molecule has 0 aliphatic carbocycles. The minimum Gasteiger partial charge on any atom is -0.355 e. The molecule has 1 heterocycles. The van der Waals surface area contributed by atoms with Crippen molar-refractivity contribution in [2.45, 2.75) is 37.5 Å². The standard InChI is InChI=1S/C20H30F2N4O2S/c1-14(2)12-23-18(27)13-25-8-10-26(11-9-25)15(3)19(28)24-16-4-6-17(7-5-16)29-20(21)22/h4-7,14-15,20H,8-13H2,1-3H3,(H,23,27)(H,24,28). The molecule has 1 aromatic rings. The summed E-state index contributed by atoms with van der Waals surface area (Å²) in [5, 5.41) is 5.76. The molecule has 29 heavy (non-hydrogen) atoms. The molecule has 1 atom stereocenters. The van der Waals surface area contributed by atoms with Gasteiger partial charge < -0.3 is 10.6 Å². The van der Waals surface area contributed by atoms with E-state index >= 15 is 0 Å². The van der Waals surface area contributed by atoms with Crippen LogP contribution in [0.15, 0.2) is 29.2 Å². The maximum Gasteiger partial charge on any atom is 0.288 e. The lowest BCUT2D eigenvalue weighted by Gasteiger charge is -2.37. The van der Waals surface area contributed by atoms with E-state index in [-0.39, 0.29) is 17.9 Å². The fraction of sp³-hybridized carbons (Fsp3) is 0.600. The van der Waals surface area contributed by atoms with Crippen LogP contribution in [-0.2, 0) is 9.59 Å². The van der Waals surface area contributed by atoms with Crippen LogP contribution in [0.3, 0.4) is 0 Å². The van der Waals surface area contributed by atoms with Crippen LogP contribution in [0.5, 0.6) is 0 Å². The second-order valence-electron chi connectivity index (χ2n) is 7.58. The normalized spacial score (nSPS) is 16.8. The second-order valence-corrected chi connectivity index (χ2v) is 8.64. The summed E-state index contributed by atoms with van der Waals surface area (Å²) in [4.78, 5) is 29.1. The van der Waals surface area contributed by atoms with Gasteiger partial charge in [0.25, 0.3) is 5.76 Å². The molecular weight excluding hydrogens is 398 g/mol. The Morgan fingerprint density at radius 3 is 2.24 bits per heavy atom. The SMILES string of the molecule is CC(C)CNC(=O)CN1CCN(C(C)C(=O)Nc2ccc(SC(F)F)cc2)CC1. The highest BCUT2D eigenvalue weighted by Crippen LogP contribution is 2.26. The van der Waals surface area contributed by atoms with E-state index in [4.69, 9.17) is 0 Å². The highest BCUT2D eigenvalue weighted by molar-refractivity contribution is 7.99. The van der Waals surface area contributed by atoms with E-state index < -0.39 is 5.76 Å². The Bertz CT molecular complexity index is 665. The van der Waals surface area contributed by atoms with Gasteiger partial charge in [0.2, 0.25) is 11.8 Å². The number of alkyl halides is 2. The summed E-state index contributed by atoms with van der Waals surface area (Å²) >= 11 is 0.476. The Morgan fingerprint density at radius 2 is 1.69 bits per heavy atom. The van der Waals surface area contributed by atoms with Gasteiger partial charge in [-0.2, -0.15) is 8.78 Å². The maximum absolute atomic E-state index is 12.5. The summed E-state index contributed by atoms with van der Waals surface area (Å²) in [5.74, 6) is -2.14. The third-order valence-electron chi connectivity index (χ3n) is 4.76. The number of halogens is 2. The molecular formula is C20H30F2N4O2S. The van der Waals surface area contributed by atoms with Gasteiger partial charge in [-0.1, -0.05) is 25.6 Å². The number of carbonyl (C=O) groups excluding carboxylic acids is 2. The van der Waals surface area contributed by atoms with Gasteiger partial charge in [-0.3, -0.25) is 19.4 Å². The highest BCUT2D eigenvalue weighted by atomic mass is 32.2. The molecule has 1 aromatic carbocycles. The number of hydrogen-bond acceptors (Lipinski definition) is 5. The topological polar surface area (TPSA) is 64.7 Å². The van der Waals surface area contributed by atoms with Gasteiger partial charge in [0.15, 0.2) is 0 Å². The summed E-state index contributed by atoms with van der Waals surface area (Å²) < 4.78 is 24.7. The molecule has 0 saturated carbocycles. The van der Waals surface area contributed by atoms with Gasteiger partial charge in [-0.25, -0.2) is 0 Å². The Labute approximate surface area is 175 Å². The number of nitrogens with one attached hydrogen (secondary N) is 2. The van der Waals surface area contributed by atoms with Gasteiger partial charge in [0.05, 0.1) is 12.6 Å². The molecule has 0 radical (unpaired) electrons. The number of benzene rings is 1. The number of carbonyl (C=O) groups is 2. The van der Waals surface area contributed by atoms with Crippen molar-refractivity contribution in [1.29, 1.82) is 0 Å². The largest absolute Gasteiger partial charge is 0.355 e. The summed E-state index contributed by atoms with van der Waals surface area (Å²) in [7, 11) is 0. The zero-order valence-corrected chi connectivity index (χ0v) is 18.0. The third-order valence-corrected chi connectivity index (χ3v) is 5.48. The minimum atomic E-state index is -2.46. The fourth-order valence-electron chi connectivity index (χ4n) is 3.02. The van der Waals surface area contributed by atoms with Crippen LogP contribution in [0.25, 0.3) is 0 Å². The maximum atomic E-state index is 12.5. The number of nitrogens with zero attached hydrogens (tertiary/aromatic N) is 2.